The first-order valence-corrected chi connectivity index (χ1v) is 4.95. The molecule has 15 heavy (non-hydrogen) atoms. The molecule has 0 spiro atoms. The second kappa shape index (κ2) is 3.87. The molecule has 0 bridgehead atoms. The molecule has 0 heterocycles. The number of rotatable bonds is 3. The first-order chi connectivity index (χ1) is 6.83. The third-order valence-corrected chi connectivity index (χ3v) is 2.95. The molecule has 0 aliphatic heterocycles. The highest BCUT2D eigenvalue weighted by Gasteiger charge is 2.48. The average molecular weight is 216 g/mol. The molecule has 84 valence electrons. The van der Waals surface area contributed by atoms with Crippen molar-refractivity contribution in [2.75, 3.05) is 0 Å². The average Bonchev–Trinajstić information content (AvgIpc) is 2.18. The van der Waals surface area contributed by atoms with E-state index in [1.54, 1.807) is 6.92 Å². The Balaban J connectivity index is 3.22. The van der Waals surface area contributed by atoms with Gasteiger partial charge in [-0.3, -0.25) is 0 Å². The van der Waals surface area contributed by atoms with Crippen molar-refractivity contribution in [2.24, 2.45) is 5.41 Å². The third kappa shape index (κ3) is 2.01. The zero-order valence-electron chi connectivity index (χ0n) is 9.15. The van der Waals surface area contributed by atoms with E-state index in [9.17, 15) is 13.2 Å². The summed E-state index contributed by atoms with van der Waals surface area (Å²) in [4.78, 5) is 0. The van der Waals surface area contributed by atoms with Gasteiger partial charge in [0.2, 0.25) is 0 Å². The number of hydrogen-bond donors (Lipinski definition) is 0. The molecular formula is C12H15F3. The predicted octanol–water partition coefficient (Wildman–Crippen LogP) is 4.35. The van der Waals surface area contributed by atoms with Crippen LogP contribution in [-0.4, -0.2) is 0 Å². The Bertz CT molecular complexity index is 342. The Kier molecular flexibility index (Phi) is 3.12. The van der Waals surface area contributed by atoms with E-state index in [4.69, 9.17) is 0 Å². The van der Waals surface area contributed by atoms with Crippen molar-refractivity contribution in [3.63, 3.8) is 0 Å². The summed E-state index contributed by atoms with van der Waals surface area (Å²) in [6.07, 6.45) is 0.286. The molecule has 0 fully saturated rings. The van der Waals surface area contributed by atoms with E-state index in [1.807, 2.05) is 0 Å². The molecule has 3 heteroatoms. The van der Waals surface area contributed by atoms with Gasteiger partial charge in [0, 0.05) is 5.41 Å². The van der Waals surface area contributed by atoms with E-state index in [0.29, 0.717) is 0 Å². The molecule has 0 radical (unpaired) electrons. The highest BCUT2D eigenvalue weighted by molar-refractivity contribution is 5.24. The topological polar surface area (TPSA) is 0 Å². The monoisotopic (exact) mass is 216 g/mol. The quantitative estimate of drug-likeness (QED) is 0.704. The van der Waals surface area contributed by atoms with Gasteiger partial charge in [-0.25, -0.2) is 13.2 Å². The Morgan fingerprint density at radius 1 is 1.13 bits per heavy atom. The largest absolute Gasteiger partial charge is 0.281 e. The summed E-state index contributed by atoms with van der Waals surface area (Å²) in [5.74, 6) is -3.99. The van der Waals surface area contributed by atoms with E-state index in [-0.39, 0.29) is 6.42 Å². The van der Waals surface area contributed by atoms with Gasteiger partial charge in [0.25, 0.3) is 5.92 Å². The minimum atomic E-state index is -3.15. The Morgan fingerprint density at radius 3 is 2.13 bits per heavy atom. The van der Waals surface area contributed by atoms with Crippen LogP contribution in [0, 0.1) is 11.2 Å². The molecule has 0 saturated carbocycles. The summed E-state index contributed by atoms with van der Waals surface area (Å²) < 4.78 is 41.2. The van der Waals surface area contributed by atoms with Crippen molar-refractivity contribution in [1.82, 2.24) is 0 Å². The molecule has 0 amide bonds. The van der Waals surface area contributed by atoms with Crippen LogP contribution in [0.2, 0.25) is 0 Å². The molecule has 1 rings (SSSR count). The summed E-state index contributed by atoms with van der Waals surface area (Å²) in [5.41, 5.74) is -1.76. The van der Waals surface area contributed by atoms with Gasteiger partial charge in [0.15, 0.2) is 0 Å². The van der Waals surface area contributed by atoms with E-state index >= 15 is 0 Å². The maximum atomic E-state index is 14.0. The van der Waals surface area contributed by atoms with Crippen molar-refractivity contribution >= 4 is 0 Å². The molecule has 1 aromatic rings. The van der Waals surface area contributed by atoms with Crippen LogP contribution in [0.1, 0.15) is 32.8 Å². The minimum Gasteiger partial charge on any atom is -0.206 e. The maximum absolute atomic E-state index is 14.0. The smallest absolute Gasteiger partial charge is 0.206 e. The lowest BCUT2D eigenvalue weighted by Crippen LogP contribution is -2.34. The Hall–Kier alpha value is -0.990. The fourth-order valence-electron chi connectivity index (χ4n) is 1.30. The van der Waals surface area contributed by atoms with Crippen LogP contribution >= 0.6 is 0 Å². The molecule has 0 atom stereocenters. The highest BCUT2D eigenvalue weighted by Crippen LogP contribution is 2.47. The van der Waals surface area contributed by atoms with E-state index in [0.717, 1.165) is 12.1 Å². The van der Waals surface area contributed by atoms with Crippen LogP contribution in [0.4, 0.5) is 13.2 Å². The van der Waals surface area contributed by atoms with Gasteiger partial charge in [-0.05, 0) is 12.5 Å². The predicted molar refractivity (Wildman–Crippen MR) is 54.4 cm³/mol. The first-order valence-electron chi connectivity index (χ1n) is 4.95. The zero-order valence-corrected chi connectivity index (χ0v) is 9.15. The highest BCUT2D eigenvalue weighted by atomic mass is 19.3. The number of hydrogen-bond acceptors (Lipinski definition) is 0. The van der Waals surface area contributed by atoms with Crippen LogP contribution in [-0.2, 0) is 5.92 Å². The van der Waals surface area contributed by atoms with Crippen molar-refractivity contribution in [3.8, 4) is 0 Å². The summed E-state index contributed by atoms with van der Waals surface area (Å²) in [6, 6.07) is 5.05. The number of halogens is 3. The van der Waals surface area contributed by atoms with Crippen LogP contribution in [0.25, 0.3) is 0 Å². The van der Waals surface area contributed by atoms with Gasteiger partial charge in [-0.15, -0.1) is 0 Å². The Labute approximate surface area is 88.1 Å². The maximum Gasteiger partial charge on any atom is 0.281 e. The van der Waals surface area contributed by atoms with Crippen molar-refractivity contribution in [2.45, 2.75) is 33.1 Å². The first kappa shape index (κ1) is 12.1. The van der Waals surface area contributed by atoms with Crippen LogP contribution in [0.5, 0.6) is 0 Å². The zero-order chi connectivity index (χ0) is 11.7. The molecule has 0 N–H and O–H groups in total. The van der Waals surface area contributed by atoms with Gasteiger partial charge >= 0.3 is 0 Å². The molecule has 0 saturated heterocycles. The number of benzene rings is 1. The van der Waals surface area contributed by atoms with Crippen molar-refractivity contribution in [3.05, 3.63) is 35.6 Å². The van der Waals surface area contributed by atoms with E-state index in [1.165, 1.54) is 26.0 Å². The van der Waals surface area contributed by atoms with Crippen LogP contribution in [0.15, 0.2) is 24.3 Å². The molecule has 0 unspecified atom stereocenters. The summed E-state index contributed by atoms with van der Waals surface area (Å²) in [5, 5.41) is 0. The second-order valence-electron chi connectivity index (χ2n) is 4.29. The van der Waals surface area contributed by atoms with Gasteiger partial charge in [-0.1, -0.05) is 39.0 Å². The molecule has 0 aromatic heterocycles. The van der Waals surface area contributed by atoms with Gasteiger partial charge < -0.3 is 0 Å². The summed E-state index contributed by atoms with van der Waals surface area (Å²) >= 11 is 0. The van der Waals surface area contributed by atoms with Gasteiger partial charge in [0.05, 0.1) is 5.56 Å². The lowest BCUT2D eigenvalue weighted by molar-refractivity contribution is -0.117. The van der Waals surface area contributed by atoms with Crippen LogP contribution < -0.4 is 0 Å². The van der Waals surface area contributed by atoms with E-state index in [2.05, 4.69) is 0 Å². The van der Waals surface area contributed by atoms with E-state index < -0.39 is 22.7 Å². The van der Waals surface area contributed by atoms with Crippen molar-refractivity contribution < 1.29 is 13.2 Å². The Morgan fingerprint density at radius 2 is 1.67 bits per heavy atom. The summed E-state index contributed by atoms with van der Waals surface area (Å²) in [7, 11) is 0. The van der Waals surface area contributed by atoms with Gasteiger partial charge in [0.1, 0.15) is 5.82 Å². The number of alkyl halides is 2. The lowest BCUT2D eigenvalue weighted by Gasteiger charge is -2.33. The normalized spacial score (nSPS) is 12.9. The molecular weight excluding hydrogens is 201 g/mol. The third-order valence-electron chi connectivity index (χ3n) is 2.95. The second-order valence-corrected chi connectivity index (χ2v) is 4.29. The fourth-order valence-corrected chi connectivity index (χ4v) is 1.30. The van der Waals surface area contributed by atoms with Crippen molar-refractivity contribution in [1.29, 1.82) is 0 Å². The molecule has 0 aliphatic carbocycles. The minimum absolute atomic E-state index is 0.286. The standard InChI is InChI=1S/C12H15F3/c1-4-11(2,3)12(14,15)9-7-5-6-8-10(9)13/h5-8H,4H2,1-3H3. The molecule has 0 nitrogen and oxygen atoms in total. The molecule has 1 aromatic carbocycles. The summed E-state index contributed by atoms with van der Waals surface area (Å²) in [6.45, 7) is 4.56. The lowest BCUT2D eigenvalue weighted by atomic mass is 9.79. The SMILES string of the molecule is CCC(C)(C)C(F)(F)c1ccccc1F. The fraction of sp³-hybridized carbons (Fsp3) is 0.500. The van der Waals surface area contributed by atoms with Crippen LogP contribution in [0.3, 0.4) is 0 Å². The molecule has 0 aliphatic rings. The van der Waals surface area contributed by atoms with Gasteiger partial charge in [-0.2, -0.15) is 0 Å².